The third kappa shape index (κ3) is 4.28. The zero-order valence-corrected chi connectivity index (χ0v) is 16.4. The number of methoxy groups -OCH3 is 1. The Kier molecular flexibility index (Phi) is 5.76. The van der Waals surface area contributed by atoms with Crippen LogP contribution in [-0.2, 0) is 6.42 Å². The van der Waals surface area contributed by atoms with Crippen molar-refractivity contribution in [3.63, 3.8) is 0 Å². The van der Waals surface area contributed by atoms with E-state index in [-0.39, 0.29) is 5.95 Å². The number of fused-ring (bicyclic) bond motifs is 1. The van der Waals surface area contributed by atoms with Crippen molar-refractivity contribution in [2.45, 2.75) is 12.8 Å². The second-order valence-corrected chi connectivity index (χ2v) is 6.88. The van der Waals surface area contributed by atoms with E-state index in [4.69, 9.17) is 10.5 Å². The van der Waals surface area contributed by atoms with Crippen molar-refractivity contribution in [2.24, 2.45) is 0 Å². The van der Waals surface area contributed by atoms with Crippen LogP contribution in [0, 0.1) is 0 Å². The van der Waals surface area contributed by atoms with Gasteiger partial charge >= 0.3 is 0 Å². The summed E-state index contributed by atoms with van der Waals surface area (Å²) in [6.45, 7) is 1.04. The third-order valence-electron chi connectivity index (χ3n) is 4.64. The molecule has 0 aliphatic rings. The molecule has 0 saturated heterocycles. The maximum atomic E-state index is 6.00. The first-order valence-corrected chi connectivity index (χ1v) is 9.07. The Hall–Kier alpha value is -2.86. The Morgan fingerprint density at radius 2 is 1.74 bits per heavy atom. The fourth-order valence-electron chi connectivity index (χ4n) is 3.22. The summed E-state index contributed by atoms with van der Waals surface area (Å²) in [4.78, 5) is 13.3. The first kappa shape index (κ1) is 18.9. The molecular formula is C21H27N5O. The summed E-state index contributed by atoms with van der Waals surface area (Å²) >= 11 is 0. The molecule has 6 nitrogen and oxygen atoms in total. The second kappa shape index (κ2) is 8.22. The van der Waals surface area contributed by atoms with Gasteiger partial charge in [-0.3, -0.25) is 0 Å². The number of nitrogens with two attached hydrogens (primary N) is 1. The van der Waals surface area contributed by atoms with Gasteiger partial charge in [0, 0.05) is 18.1 Å². The molecule has 0 aliphatic carbocycles. The quantitative estimate of drug-likeness (QED) is 0.691. The Bertz CT molecular complexity index is 908. The topological polar surface area (TPSA) is 67.5 Å². The zero-order valence-electron chi connectivity index (χ0n) is 16.4. The second-order valence-electron chi connectivity index (χ2n) is 6.88. The number of anilines is 3. The van der Waals surface area contributed by atoms with Crippen molar-refractivity contribution in [1.82, 2.24) is 14.9 Å². The molecule has 0 atom stereocenters. The van der Waals surface area contributed by atoms with Gasteiger partial charge in [-0.1, -0.05) is 12.1 Å². The van der Waals surface area contributed by atoms with E-state index in [1.54, 1.807) is 7.11 Å². The van der Waals surface area contributed by atoms with E-state index >= 15 is 0 Å². The van der Waals surface area contributed by atoms with E-state index in [0.717, 1.165) is 47.5 Å². The Labute approximate surface area is 160 Å². The molecule has 27 heavy (non-hydrogen) atoms. The molecule has 0 radical (unpaired) electrons. The summed E-state index contributed by atoms with van der Waals surface area (Å²) in [5.74, 6) is 1.93. The van der Waals surface area contributed by atoms with Crippen molar-refractivity contribution in [3.05, 3.63) is 48.0 Å². The highest BCUT2D eigenvalue weighted by Gasteiger charge is 2.15. The Morgan fingerprint density at radius 3 is 2.41 bits per heavy atom. The molecule has 6 heteroatoms. The molecule has 0 aliphatic heterocycles. The lowest BCUT2D eigenvalue weighted by Gasteiger charge is -2.22. The lowest BCUT2D eigenvalue weighted by Crippen LogP contribution is -2.15. The van der Waals surface area contributed by atoms with E-state index in [1.807, 2.05) is 43.4 Å². The molecule has 0 amide bonds. The summed E-state index contributed by atoms with van der Waals surface area (Å²) in [6, 6.07) is 14.1. The number of ether oxygens (including phenoxy) is 1. The highest BCUT2D eigenvalue weighted by molar-refractivity contribution is 5.95. The number of hydrogen-bond acceptors (Lipinski definition) is 6. The normalized spacial score (nSPS) is 11.1. The van der Waals surface area contributed by atoms with Crippen molar-refractivity contribution in [1.29, 1.82) is 0 Å². The average Bonchev–Trinajstić information content (AvgIpc) is 2.66. The van der Waals surface area contributed by atoms with Crippen LogP contribution in [0.1, 0.15) is 12.0 Å². The maximum absolute atomic E-state index is 6.00. The van der Waals surface area contributed by atoms with Crippen LogP contribution in [0.5, 0.6) is 5.75 Å². The smallest absolute Gasteiger partial charge is 0.222 e. The number of benzene rings is 2. The van der Waals surface area contributed by atoms with E-state index in [2.05, 4.69) is 39.9 Å². The van der Waals surface area contributed by atoms with Gasteiger partial charge in [0.1, 0.15) is 11.6 Å². The molecular weight excluding hydrogens is 338 g/mol. The van der Waals surface area contributed by atoms with Crippen molar-refractivity contribution in [2.75, 3.05) is 45.4 Å². The largest absolute Gasteiger partial charge is 0.497 e. The van der Waals surface area contributed by atoms with Crippen LogP contribution in [0.15, 0.2) is 42.5 Å². The van der Waals surface area contributed by atoms with Gasteiger partial charge in [0.2, 0.25) is 5.95 Å². The SMILES string of the molecule is COc1ccc(N(C)c2nc(N)nc3cccc(CCCN(C)C)c23)cc1. The molecule has 3 aromatic rings. The molecule has 0 saturated carbocycles. The van der Waals surface area contributed by atoms with Crippen LogP contribution in [0.4, 0.5) is 17.5 Å². The molecule has 2 aromatic carbocycles. The minimum absolute atomic E-state index is 0.281. The number of hydrogen-bond donors (Lipinski definition) is 1. The third-order valence-corrected chi connectivity index (χ3v) is 4.64. The van der Waals surface area contributed by atoms with E-state index in [1.165, 1.54) is 5.56 Å². The Balaban J connectivity index is 2.04. The molecule has 0 fully saturated rings. The summed E-state index contributed by atoms with van der Waals surface area (Å²) in [5, 5.41) is 1.06. The van der Waals surface area contributed by atoms with Crippen LogP contribution >= 0.6 is 0 Å². The summed E-state index contributed by atoms with van der Waals surface area (Å²) < 4.78 is 5.26. The number of nitrogen functional groups attached to an aromatic ring is 1. The van der Waals surface area contributed by atoms with E-state index in [0.29, 0.717) is 0 Å². The summed E-state index contributed by atoms with van der Waals surface area (Å²) in [7, 11) is 7.85. The standard InChI is InChI=1S/C21H27N5O/c1-25(2)14-6-8-15-7-5-9-18-19(15)20(24-21(22)23-18)26(3)16-10-12-17(27-4)13-11-16/h5,7,9-13H,6,8,14H2,1-4H3,(H2,22,23,24). The lowest BCUT2D eigenvalue weighted by molar-refractivity contribution is 0.400. The molecule has 2 N–H and O–H groups in total. The first-order chi connectivity index (χ1) is 13.0. The highest BCUT2D eigenvalue weighted by Crippen LogP contribution is 2.33. The highest BCUT2D eigenvalue weighted by atomic mass is 16.5. The monoisotopic (exact) mass is 365 g/mol. The Morgan fingerprint density at radius 1 is 1.00 bits per heavy atom. The van der Waals surface area contributed by atoms with Crippen LogP contribution in [0.25, 0.3) is 10.9 Å². The fourth-order valence-corrected chi connectivity index (χ4v) is 3.22. The van der Waals surface area contributed by atoms with Crippen LogP contribution in [-0.4, -0.2) is 49.7 Å². The van der Waals surface area contributed by atoms with Crippen LogP contribution < -0.4 is 15.4 Å². The van der Waals surface area contributed by atoms with Gasteiger partial charge in [-0.05, 0) is 69.4 Å². The summed E-state index contributed by atoms with van der Waals surface area (Å²) in [6.07, 6.45) is 2.04. The molecule has 1 heterocycles. The molecule has 0 spiro atoms. The minimum Gasteiger partial charge on any atom is -0.497 e. The van der Waals surface area contributed by atoms with Crippen molar-refractivity contribution in [3.8, 4) is 5.75 Å². The molecule has 142 valence electrons. The summed E-state index contributed by atoms with van der Waals surface area (Å²) in [5.41, 5.74) is 9.13. The van der Waals surface area contributed by atoms with Crippen LogP contribution in [0.2, 0.25) is 0 Å². The van der Waals surface area contributed by atoms with Crippen molar-refractivity contribution >= 4 is 28.4 Å². The maximum Gasteiger partial charge on any atom is 0.222 e. The van der Waals surface area contributed by atoms with Gasteiger partial charge in [0.15, 0.2) is 0 Å². The average molecular weight is 365 g/mol. The molecule has 0 bridgehead atoms. The van der Waals surface area contributed by atoms with Crippen molar-refractivity contribution < 1.29 is 4.74 Å². The van der Waals surface area contributed by atoms with Gasteiger partial charge in [-0.15, -0.1) is 0 Å². The zero-order chi connectivity index (χ0) is 19.4. The molecule has 3 rings (SSSR count). The van der Waals surface area contributed by atoms with Gasteiger partial charge in [-0.25, -0.2) is 4.98 Å². The molecule has 0 unspecified atom stereocenters. The lowest BCUT2D eigenvalue weighted by atomic mass is 10.0. The van der Waals surface area contributed by atoms with Crippen LogP contribution in [0.3, 0.4) is 0 Å². The fraction of sp³-hybridized carbons (Fsp3) is 0.333. The predicted octanol–water partition coefficient (Wildman–Crippen LogP) is 3.48. The minimum atomic E-state index is 0.281. The number of aryl methyl sites for hydroxylation is 1. The first-order valence-electron chi connectivity index (χ1n) is 9.07. The molecule has 1 aromatic heterocycles. The van der Waals surface area contributed by atoms with Gasteiger partial charge in [0.25, 0.3) is 0 Å². The predicted molar refractivity (Wildman–Crippen MR) is 112 cm³/mol. The van der Waals surface area contributed by atoms with Gasteiger partial charge in [0.05, 0.1) is 12.6 Å². The number of aromatic nitrogens is 2. The van der Waals surface area contributed by atoms with E-state index < -0.39 is 0 Å². The number of rotatable bonds is 7. The van der Waals surface area contributed by atoms with E-state index in [9.17, 15) is 0 Å². The number of nitrogens with zero attached hydrogens (tertiary/aromatic N) is 4. The van der Waals surface area contributed by atoms with Gasteiger partial charge in [-0.2, -0.15) is 4.98 Å². The van der Waals surface area contributed by atoms with Gasteiger partial charge < -0.3 is 20.3 Å².